The summed E-state index contributed by atoms with van der Waals surface area (Å²) in [5.74, 6) is 0. The van der Waals surface area contributed by atoms with Crippen molar-refractivity contribution in [1.29, 1.82) is 0 Å². The van der Waals surface area contributed by atoms with E-state index in [0.717, 1.165) is 12.2 Å². The van der Waals surface area contributed by atoms with Crippen LogP contribution in [0.3, 0.4) is 0 Å². The molecule has 0 aromatic carbocycles. The van der Waals surface area contributed by atoms with Crippen LogP contribution in [0.25, 0.3) is 0 Å². The minimum Gasteiger partial charge on any atom is -0.387 e. The second-order valence-corrected chi connectivity index (χ2v) is 5.53. The summed E-state index contributed by atoms with van der Waals surface area (Å²) in [5, 5.41) is 9.36. The van der Waals surface area contributed by atoms with E-state index in [1.165, 1.54) is 0 Å². The van der Waals surface area contributed by atoms with Crippen LogP contribution in [0, 0.1) is 5.41 Å². The lowest BCUT2D eigenvalue weighted by atomic mass is 9.96. The third kappa shape index (κ3) is 3.81. The number of aromatic nitrogens is 1. The first-order valence-electron chi connectivity index (χ1n) is 5.65. The molecule has 0 aliphatic carbocycles. The lowest BCUT2D eigenvalue weighted by Gasteiger charge is -2.28. The lowest BCUT2D eigenvalue weighted by Crippen LogP contribution is -2.29. The van der Waals surface area contributed by atoms with Crippen LogP contribution in [-0.4, -0.2) is 23.7 Å². The molecule has 90 valence electrons. The number of nitrogens with zero attached hydrogens (tertiary/aromatic N) is 2. The Morgan fingerprint density at radius 2 is 2.00 bits per heavy atom. The maximum absolute atomic E-state index is 9.36. The Morgan fingerprint density at radius 3 is 2.38 bits per heavy atom. The molecule has 0 unspecified atom stereocenters. The number of aliphatic hydroxyl groups is 1. The molecule has 0 radical (unpaired) electrons. The molecule has 0 saturated carbocycles. The summed E-state index contributed by atoms with van der Waals surface area (Å²) in [7, 11) is 2.06. The van der Waals surface area contributed by atoms with Crippen molar-refractivity contribution < 1.29 is 5.11 Å². The number of hydrogen-bond acceptors (Lipinski definition) is 3. The Hall–Kier alpha value is -1.09. The molecule has 0 bridgehead atoms. The molecule has 1 N–H and O–H groups in total. The van der Waals surface area contributed by atoms with Gasteiger partial charge in [0.15, 0.2) is 0 Å². The average molecular weight is 222 g/mol. The molecule has 1 heterocycles. The SMILES string of the molecule is C[C@@H](O)c1ccc(N(C)CC(C)(C)C)cn1. The van der Waals surface area contributed by atoms with E-state index in [4.69, 9.17) is 0 Å². The van der Waals surface area contributed by atoms with Crippen LogP contribution in [-0.2, 0) is 0 Å². The summed E-state index contributed by atoms with van der Waals surface area (Å²) < 4.78 is 0. The van der Waals surface area contributed by atoms with Crippen molar-refractivity contribution in [3.8, 4) is 0 Å². The normalized spacial score (nSPS) is 13.6. The zero-order valence-corrected chi connectivity index (χ0v) is 10.9. The molecule has 16 heavy (non-hydrogen) atoms. The van der Waals surface area contributed by atoms with Gasteiger partial charge in [-0.1, -0.05) is 20.8 Å². The second-order valence-electron chi connectivity index (χ2n) is 5.53. The molecular formula is C13H22N2O. The summed E-state index contributed by atoms with van der Waals surface area (Å²) in [6.45, 7) is 9.33. The van der Waals surface area contributed by atoms with Crippen molar-refractivity contribution in [1.82, 2.24) is 4.98 Å². The van der Waals surface area contributed by atoms with E-state index in [9.17, 15) is 5.11 Å². The quantitative estimate of drug-likeness (QED) is 0.854. The van der Waals surface area contributed by atoms with Crippen LogP contribution in [0.15, 0.2) is 18.3 Å². The van der Waals surface area contributed by atoms with Crippen LogP contribution in [0.1, 0.15) is 39.5 Å². The van der Waals surface area contributed by atoms with Gasteiger partial charge in [-0.25, -0.2) is 0 Å². The van der Waals surface area contributed by atoms with E-state index < -0.39 is 6.10 Å². The highest BCUT2D eigenvalue weighted by atomic mass is 16.3. The number of pyridine rings is 1. The summed E-state index contributed by atoms with van der Waals surface area (Å²) in [6, 6.07) is 3.87. The molecule has 3 heteroatoms. The molecular weight excluding hydrogens is 200 g/mol. The smallest absolute Gasteiger partial charge is 0.0931 e. The van der Waals surface area contributed by atoms with Crippen molar-refractivity contribution in [3.05, 3.63) is 24.0 Å². The molecule has 0 saturated heterocycles. The Kier molecular flexibility index (Phi) is 3.92. The van der Waals surface area contributed by atoms with Gasteiger partial charge in [-0.3, -0.25) is 4.98 Å². The molecule has 1 aromatic heterocycles. The van der Waals surface area contributed by atoms with Gasteiger partial charge in [0.25, 0.3) is 0 Å². The van der Waals surface area contributed by atoms with E-state index in [-0.39, 0.29) is 5.41 Å². The lowest BCUT2D eigenvalue weighted by molar-refractivity contribution is 0.194. The molecule has 0 aliphatic rings. The molecule has 0 spiro atoms. The first-order chi connectivity index (χ1) is 7.29. The summed E-state index contributed by atoms with van der Waals surface area (Å²) in [6.07, 6.45) is 1.32. The standard InChI is InChI=1S/C13H22N2O/c1-10(16)12-7-6-11(8-14-12)15(5)9-13(2,3)4/h6-8,10,16H,9H2,1-5H3/t10-/m1/s1. The highest BCUT2D eigenvalue weighted by molar-refractivity contribution is 5.44. The highest BCUT2D eigenvalue weighted by Crippen LogP contribution is 2.20. The van der Waals surface area contributed by atoms with Crippen molar-refractivity contribution >= 4 is 5.69 Å². The van der Waals surface area contributed by atoms with E-state index >= 15 is 0 Å². The molecule has 1 atom stereocenters. The van der Waals surface area contributed by atoms with E-state index in [0.29, 0.717) is 5.69 Å². The van der Waals surface area contributed by atoms with Crippen molar-refractivity contribution in [2.75, 3.05) is 18.5 Å². The molecule has 1 rings (SSSR count). The van der Waals surface area contributed by atoms with E-state index in [2.05, 4.69) is 37.7 Å². The van der Waals surface area contributed by atoms with E-state index in [1.54, 1.807) is 6.92 Å². The van der Waals surface area contributed by atoms with E-state index in [1.807, 2.05) is 18.3 Å². The fourth-order valence-corrected chi connectivity index (χ4v) is 1.67. The summed E-state index contributed by atoms with van der Waals surface area (Å²) >= 11 is 0. The third-order valence-electron chi connectivity index (χ3n) is 2.35. The first kappa shape index (κ1) is 13.0. The largest absolute Gasteiger partial charge is 0.387 e. The minimum atomic E-state index is -0.498. The predicted molar refractivity (Wildman–Crippen MR) is 67.6 cm³/mol. The fourth-order valence-electron chi connectivity index (χ4n) is 1.67. The summed E-state index contributed by atoms with van der Waals surface area (Å²) in [4.78, 5) is 6.42. The van der Waals surface area contributed by atoms with Gasteiger partial charge < -0.3 is 10.0 Å². The van der Waals surface area contributed by atoms with Gasteiger partial charge in [0.2, 0.25) is 0 Å². The van der Waals surface area contributed by atoms with Crippen LogP contribution in [0.2, 0.25) is 0 Å². The fraction of sp³-hybridized carbons (Fsp3) is 0.615. The number of rotatable bonds is 3. The Labute approximate surface area is 98.1 Å². The van der Waals surface area contributed by atoms with Gasteiger partial charge in [-0.05, 0) is 24.5 Å². The maximum Gasteiger partial charge on any atom is 0.0931 e. The molecule has 0 amide bonds. The monoisotopic (exact) mass is 222 g/mol. The van der Waals surface area contributed by atoms with Gasteiger partial charge in [-0.15, -0.1) is 0 Å². The van der Waals surface area contributed by atoms with Crippen LogP contribution in [0.5, 0.6) is 0 Å². The van der Waals surface area contributed by atoms with Crippen molar-refractivity contribution in [2.24, 2.45) is 5.41 Å². The second kappa shape index (κ2) is 4.83. The van der Waals surface area contributed by atoms with Gasteiger partial charge in [-0.2, -0.15) is 0 Å². The zero-order valence-electron chi connectivity index (χ0n) is 10.9. The van der Waals surface area contributed by atoms with Crippen molar-refractivity contribution in [3.63, 3.8) is 0 Å². The predicted octanol–water partition coefficient (Wildman–Crippen LogP) is 2.62. The van der Waals surface area contributed by atoms with Gasteiger partial charge >= 0.3 is 0 Å². The Morgan fingerprint density at radius 1 is 1.38 bits per heavy atom. The molecule has 0 aliphatic heterocycles. The Bertz CT molecular complexity index is 325. The maximum atomic E-state index is 9.36. The number of aliphatic hydroxyl groups excluding tert-OH is 1. The topological polar surface area (TPSA) is 36.4 Å². The minimum absolute atomic E-state index is 0.262. The Balaban J connectivity index is 2.74. The highest BCUT2D eigenvalue weighted by Gasteiger charge is 2.14. The van der Waals surface area contributed by atoms with Crippen LogP contribution in [0.4, 0.5) is 5.69 Å². The zero-order chi connectivity index (χ0) is 12.3. The first-order valence-corrected chi connectivity index (χ1v) is 5.65. The molecule has 0 fully saturated rings. The molecule has 3 nitrogen and oxygen atoms in total. The van der Waals surface area contributed by atoms with Crippen LogP contribution >= 0.6 is 0 Å². The van der Waals surface area contributed by atoms with Gasteiger partial charge in [0.1, 0.15) is 0 Å². The van der Waals surface area contributed by atoms with Crippen LogP contribution < -0.4 is 4.90 Å². The average Bonchev–Trinajstić information content (AvgIpc) is 2.15. The number of hydrogen-bond donors (Lipinski definition) is 1. The van der Waals surface area contributed by atoms with Gasteiger partial charge in [0, 0.05) is 13.6 Å². The number of anilines is 1. The third-order valence-corrected chi connectivity index (χ3v) is 2.35. The summed E-state index contributed by atoms with van der Waals surface area (Å²) in [5.41, 5.74) is 2.06. The van der Waals surface area contributed by atoms with Gasteiger partial charge in [0.05, 0.1) is 23.7 Å². The van der Waals surface area contributed by atoms with Crippen molar-refractivity contribution in [2.45, 2.75) is 33.8 Å². The molecule has 1 aromatic rings.